The second-order valence-corrected chi connectivity index (χ2v) is 4.48. The molecule has 72 valence electrons. The van der Waals surface area contributed by atoms with E-state index in [0.717, 1.165) is 5.92 Å². The maximum Gasteiger partial charge on any atom is 0.0458 e. The van der Waals surface area contributed by atoms with E-state index in [1.54, 1.807) is 5.56 Å². The van der Waals surface area contributed by atoms with Gasteiger partial charge in [-0.3, -0.25) is 0 Å². The van der Waals surface area contributed by atoms with Crippen LogP contribution in [0.3, 0.4) is 0 Å². The number of benzene rings is 1. The highest BCUT2D eigenvalue weighted by molar-refractivity contribution is 5.84. The molecule has 1 nitrogen and oxygen atoms in total. The number of aryl methyl sites for hydroxylation is 1. The lowest BCUT2D eigenvalue weighted by molar-refractivity contribution is 0.497. The smallest absolute Gasteiger partial charge is 0.0458 e. The summed E-state index contributed by atoms with van der Waals surface area (Å²) in [6.45, 7) is 2.34. The molecule has 3 rings (SSSR count). The van der Waals surface area contributed by atoms with Gasteiger partial charge in [0.2, 0.25) is 0 Å². The third-order valence-corrected chi connectivity index (χ3v) is 3.34. The molecule has 1 heterocycles. The Morgan fingerprint density at radius 3 is 3.07 bits per heavy atom. The van der Waals surface area contributed by atoms with Crippen LogP contribution in [0.4, 0.5) is 0 Å². The molecule has 1 N–H and O–H groups in total. The molecule has 0 saturated carbocycles. The number of fused-ring (bicyclic) bond motifs is 3. The molecule has 0 fully saturated rings. The zero-order chi connectivity index (χ0) is 9.54. The van der Waals surface area contributed by atoms with E-state index >= 15 is 0 Å². The van der Waals surface area contributed by atoms with E-state index in [-0.39, 0.29) is 0 Å². The Morgan fingerprint density at radius 1 is 1.29 bits per heavy atom. The van der Waals surface area contributed by atoms with E-state index in [1.165, 1.54) is 35.9 Å². The molecule has 0 bridgehead atoms. The molecule has 1 atom stereocenters. The summed E-state index contributed by atoms with van der Waals surface area (Å²) in [5.41, 5.74) is 4.36. The molecule has 0 aliphatic heterocycles. The van der Waals surface area contributed by atoms with Crippen molar-refractivity contribution < 1.29 is 0 Å². The van der Waals surface area contributed by atoms with Gasteiger partial charge in [-0.1, -0.05) is 25.1 Å². The van der Waals surface area contributed by atoms with Crippen molar-refractivity contribution in [1.29, 1.82) is 0 Å². The number of aromatic nitrogens is 1. The zero-order valence-corrected chi connectivity index (χ0v) is 8.51. The van der Waals surface area contributed by atoms with E-state index in [4.69, 9.17) is 0 Å². The maximum atomic E-state index is 3.55. The molecule has 0 radical (unpaired) electrons. The minimum absolute atomic E-state index is 0.843. The molecule has 2 aromatic rings. The summed E-state index contributed by atoms with van der Waals surface area (Å²) in [5.74, 6) is 0.843. The largest absolute Gasteiger partial charge is 0.358 e. The average Bonchev–Trinajstić information content (AvgIpc) is 2.54. The quantitative estimate of drug-likeness (QED) is 0.648. The molecule has 0 spiro atoms. The number of hydrogen-bond acceptors (Lipinski definition) is 0. The molecule has 0 amide bonds. The monoisotopic (exact) mass is 185 g/mol. The summed E-state index contributed by atoms with van der Waals surface area (Å²) >= 11 is 0. The zero-order valence-electron chi connectivity index (χ0n) is 8.51. The van der Waals surface area contributed by atoms with Crippen LogP contribution in [0.15, 0.2) is 24.3 Å². The van der Waals surface area contributed by atoms with Crippen LogP contribution in [0, 0.1) is 5.92 Å². The number of nitrogens with one attached hydrogen (secondary N) is 1. The van der Waals surface area contributed by atoms with Gasteiger partial charge in [0.1, 0.15) is 0 Å². The van der Waals surface area contributed by atoms with Gasteiger partial charge in [-0.05, 0) is 36.8 Å². The van der Waals surface area contributed by atoms with Crippen LogP contribution in [0.25, 0.3) is 10.9 Å². The minimum Gasteiger partial charge on any atom is -0.358 e. The summed E-state index contributed by atoms with van der Waals surface area (Å²) in [4.78, 5) is 3.55. The lowest BCUT2D eigenvalue weighted by atomic mass is 9.88. The van der Waals surface area contributed by atoms with Gasteiger partial charge in [0, 0.05) is 16.6 Å². The van der Waals surface area contributed by atoms with Gasteiger partial charge >= 0.3 is 0 Å². The van der Waals surface area contributed by atoms with Crippen molar-refractivity contribution in [2.75, 3.05) is 0 Å². The van der Waals surface area contributed by atoms with Gasteiger partial charge in [0.15, 0.2) is 0 Å². The highest BCUT2D eigenvalue weighted by atomic mass is 14.7. The predicted molar refractivity (Wildman–Crippen MR) is 59.5 cm³/mol. The van der Waals surface area contributed by atoms with Gasteiger partial charge < -0.3 is 4.98 Å². The van der Waals surface area contributed by atoms with Gasteiger partial charge in [-0.15, -0.1) is 0 Å². The van der Waals surface area contributed by atoms with E-state index in [1.807, 2.05) is 0 Å². The standard InChI is InChI=1S/C13H15N/c1-9-6-7-11-10-4-2-3-5-12(10)14-13(11)8-9/h2-5,9,14H,6-8H2,1H3/t9-/m0/s1. The van der Waals surface area contributed by atoms with Crippen molar-refractivity contribution in [2.45, 2.75) is 26.2 Å². The Balaban J connectivity index is 2.24. The van der Waals surface area contributed by atoms with E-state index in [0.29, 0.717) is 0 Å². The van der Waals surface area contributed by atoms with Crippen LogP contribution >= 0.6 is 0 Å². The van der Waals surface area contributed by atoms with Crippen molar-refractivity contribution in [3.05, 3.63) is 35.5 Å². The van der Waals surface area contributed by atoms with Crippen molar-refractivity contribution in [1.82, 2.24) is 4.98 Å². The Morgan fingerprint density at radius 2 is 2.14 bits per heavy atom. The van der Waals surface area contributed by atoms with Crippen LogP contribution in [0.5, 0.6) is 0 Å². The van der Waals surface area contributed by atoms with Gasteiger partial charge in [-0.2, -0.15) is 0 Å². The maximum absolute atomic E-state index is 3.55. The van der Waals surface area contributed by atoms with E-state index in [2.05, 4.69) is 36.2 Å². The summed E-state index contributed by atoms with van der Waals surface area (Å²) in [6.07, 6.45) is 3.82. The number of rotatable bonds is 0. The summed E-state index contributed by atoms with van der Waals surface area (Å²) in [5, 5.41) is 1.44. The van der Waals surface area contributed by atoms with E-state index < -0.39 is 0 Å². The average molecular weight is 185 g/mol. The highest BCUT2D eigenvalue weighted by Crippen LogP contribution is 2.30. The highest BCUT2D eigenvalue weighted by Gasteiger charge is 2.18. The van der Waals surface area contributed by atoms with Crippen molar-refractivity contribution >= 4 is 10.9 Å². The van der Waals surface area contributed by atoms with E-state index in [9.17, 15) is 0 Å². The van der Waals surface area contributed by atoms with Gasteiger partial charge in [-0.25, -0.2) is 0 Å². The fourth-order valence-electron chi connectivity index (χ4n) is 2.56. The van der Waals surface area contributed by atoms with Gasteiger partial charge in [0.05, 0.1) is 0 Å². The predicted octanol–water partition coefficient (Wildman–Crippen LogP) is 3.29. The second-order valence-electron chi connectivity index (χ2n) is 4.48. The third kappa shape index (κ3) is 1.08. The molecule has 14 heavy (non-hydrogen) atoms. The van der Waals surface area contributed by atoms with Crippen LogP contribution in [0.1, 0.15) is 24.6 Å². The van der Waals surface area contributed by atoms with Crippen molar-refractivity contribution in [2.24, 2.45) is 5.92 Å². The Bertz CT molecular complexity index is 467. The SMILES string of the molecule is C[C@H]1CCc2c([nH]c3ccccc23)C1. The first-order valence-electron chi connectivity index (χ1n) is 5.43. The molecule has 1 aromatic heterocycles. The fraction of sp³-hybridized carbons (Fsp3) is 0.385. The molecule has 1 aliphatic rings. The summed E-state index contributed by atoms with van der Waals surface area (Å²) < 4.78 is 0. The molecule has 0 saturated heterocycles. The molecule has 1 heteroatoms. The van der Waals surface area contributed by atoms with Crippen LogP contribution in [-0.4, -0.2) is 4.98 Å². The Labute approximate surface area is 84.1 Å². The second kappa shape index (κ2) is 2.88. The summed E-state index contributed by atoms with van der Waals surface area (Å²) in [7, 11) is 0. The number of hydrogen-bond donors (Lipinski definition) is 1. The molecular formula is C13H15N. The first-order chi connectivity index (χ1) is 6.84. The Kier molecular flexibility index (Phi) is 1.66. The first kappa shape index (κ1) is 8.10. The Hall–Kier alpha value is -1.24. The fourth-order valence-corrected chi connectivity index (χ4v) is 2.56. The van der Waals surface area contributed by atoms with Crippen molar-refractivity contribution in [3.8, 4) is 0 Å². The molecular weight excluding hydrogens is 170 g/mol. The number of aromatic amines is 1. The number of para-hydroxylation sites is 1. The number of H-pyrrole nitrogens is 1. The van der Waals surface area contributed by atoms with Crippen LogP contribution < -0.4 is 0 Å². The third-order valence-electron chi connectivity index (χ3n) is 3.34. The van der Waals surface area contributed by atoms with Crippen LogP contribution in [-0.2, 0) is 12.8 Å². The topological polar surface area (TPSA) is 15.8 Å². The first-order valence-corrected chi connectivity index (χ1v) is 5.43. The normalized spacial score (nSPS) is 21.1. The molecule has 1 aliphatic carbocycles. The molecule has 0 unspecified atom stereocenters. The lowest BCUT2D eigenvalue weighted by Crippen LogP contribution is -2.09. The molecule has 1 aromatic carbocycles. The lowest BCUT2D eigenvalue weighted by Gasteiger charge is -2.17. The van der Waals surface area contributed by atoms with Crippen molar-refractivity contribution in [3.63, 3.8) is 0 Å². The minimum atomic E-state index is 0.843. The van der Waals surface area contributed by atoms with Crippen LogP contribution in [0.2, 0.25) is 0 Å². The van der Waals surface area contributed by atoms with Gasteiger partial charge in [0.25, 0.3) is 0 Å². The summed E-state index contributed by atoms with van der Waals surface area (Å²) in [6, 6.07) is 8.65.